The number of anilines is 1. The average Bonchev–Trinajstić information content (AvgIpc) is 2.74. The standard InChI is InChI=1S/C14H16N4O/c15-12-9-16-17-13(12)14(19)18-7-5-10-3-1-2-4-11(10)6-8-18/h1-4,9H,5-8,15H2,(H,16,17). The predicted molar refractivity (Wildman–Crippen MR) is 72.8 cm³/mol. The Morgan fingerprint density at radius 1 is 1.21 bits per heavy atom. The summed E-state index contributed by atoms with van der Waals surface area (Å²) in [5.41, 5.74) is 9.19. The Bertz CT molecular complexity index is 578. The molecule has 1 aromatic carbocycles. The van der Waals surface area contributed by atoms with E-state index in [1.165, 1.54) is 17.3 Å². The van der Waals surface area contributed by atoms with Gasteiger partial charge in [-0.3, -0.25) is 9.89 Å². The zero-order valence-corrected chi connectivity index (χ0v) is 10.6. The topological polar surface area (TPSA) is 75.0 Å². The lowest BCUT2D eigenvalue weighted by atomic mass is 10.0. The number of nitrogens with zero attached hydrogens (tertiary/aromatic N) is 2. The fourth-order valence-corrected chi connectivity index (χ4v) is 2.50. The molecule has 1 aromatic heterocycles. The van der Waals surface area contributed by atoms with Crippen LogP contribution in [0.3, 0.4) is 0 Å². The molecule has 3 N–H and O–H groups in total. The van der Waals surface area contributed by atoms with Crippen LogP contribution in [0.2, 0.25) is 0 Å². The van der Waals surface area contributed by atoms with Gasteiger partial charge in [-0.25, -0.2) is 0 Å². The predicted octanol–water partition coefficient (Wildman–Crippen LogP) is 1.23. The molecule has 0 saturated carbocycles. The van der Waals surface area contributed by atoms with E-state index in [9.17, 15) is 4.79 Å². The molecule has 0 saturated heterocycles. The van der Waals surface area contributed by atoms with Crippen LogP contribution in [0.15, 0.2) is 30.5 Å². The van der Waals surface area contributed by atoms with Crippen molar-refractivity contribution in [1.29, 1.82) is 0 Å². The van der Waals surface area contributed by atoms with Gasteiger partial charge in [-0.15, -0.1) is 0 Å². The molecule has 98 valence electrons. The Morgan fingerprint density at radius 2 is 1.84 bits per heavy atom. The molecule has 0 fully saturated rings. The highest BCUT2D eigenvalue weighted by Crippen LogP contribution is 2.18. The Balaban J connectivity index is 1.79. The summed E-state index contributed by atoms with van der Waals surface area (Å²) in [6.45, 7) is 1.43. The second kappa shape index (κ2) is 4.76. The zero-order chi connectivity index (χ0) is 13.2. The van der Waals surface area contributed by atoms with Gasteiger partial charge in [0, 0.05) is 13.1 Å². The van der Waals surface area contributed by atoms with E-state index in [-0.39, 0.29) is 5.91 Å². The summed E-state index contributed by atoms with van der Waals surface area (Å²) in [6.07, 6.45) is 3.24. The quantitative estimate of drug-likeness (QED) is 0.806. The molecule has 0 spiro atoms. The number of aromatic nitrogens is 2. The van der Waals surface area contributed by atoms with Crippen molar-refractivity contribution in [2.45, 2.75) is 12.8 Å². The molecule has 2 aromatic rings. The minimum atomic E-state index is -0.0668. The number of hydrogen-bond acceptors (Lipinski definition) is 3. The Morgan fingerprint density at radius 3 is 2.37 bits per heavy atom. The molecular formula is C14H16N4O. The van der Waals surface area contributed by atoms with Gasteiger partial charge in [0.05, 0.1) is 11.9 Å². The van der Waals surface area contributed by atoms with Gasteiger partial charge in [0.15, 0.2) is 0 Å². The molecule has 0 aliphatic carbocycles. The second-order valence-corrected chi connectivity index (χ2v) is 4.76. The fraction of sp³-hybridized carbons (Fsp3) is 0.286. The second-order valence-electron chi connectivity index (χ2n) is 4.76. The van der Waals surface area contributed by atoms with Crippen molar-refractivity contribution in [1.82, 2.24) is 15.1 Å². The van der Waals surface area contributed by atoms with Crippen LogP contribution in [0, 0.1) is 0 Å². The summed E-state index contributed by atoms with van der Waals surface area (Å²) in [4.78, 5) is 14.2. The average molecular weight is 256 g/mol. The Kier molecular flexibility index (Phi) is 2.95. The number of carbonyl (C=O) groups excluding carboxylic acids is 1. The smallest absolute Gasteiger partial charge is 0.274 e. The summed E-state index contributed by atoms with van der Waals surface area (Å²) in [5.74, 6) is -0.0668. The molecule has 2 heterocycles. The first-order valence-electron chi connectivity index (χ1n) is 6.40. The third kappa shape index (κ3) is 2.19. The number of rotatable bonds is 1. The van der Waals surface area contributed by atoms with Gasteiger partial charge in [-0.2, -0.15) is 5.10 Å². The van der Waals surface area contributed by atoms with Gasteiger partial charge in [-0.05, 0) is 24.0 Å². The number of nitrogens with two attached hydrogens (primary N) is 1. The summed E-state index contributed by atoms with van der Waals surface area (Å²) >= 11 is 0. The molecule has 1 aliphatic rings. The van der Waals surface area contributed by atoms with Crippen molar-refractivity contribution in [2.75, 3.05) is 18.8 Å². The van der Waals surface area contributed by atoms with E-state index < -0.39 is 0 Å². The first-order chi connectivity index (χ1) is 9.25. The van der Waals surface area contributed by atoms with Gasteiger partial charge in [0.2, 0.25) is 0 Å². The molecular weight excluding hydrogens is 240 g/mol. The van der Waals surface area contributed by atoms with Gasteiger partial charge < -0.3 is 10.6 Å². The van der Waals surface area contributed by atoms with E-state index in [1.54, 1.807) is 0 Å². The zero-order valence-electron chi connectivity index (χ0n) is 10.6. The van der Waals surface area contributed by atoms with E-state index in [1.807, 2.05) is 17.0 Å². The number of fused-ring (bicyclic) bond motifs is 1. The highest BCUT2D eigenvalue weighted by atomic mass is 16.2. The number of amides is 1. The van der Waals surface area contributed by atoms with Crippen LogP contribution >= 0.6 is 0 Å². The number of hydrogen-bond donors (Lipinski definition) is 2. The highest BCUT2D eigenvalue weighted by molar-refractivity contribution is 5.97. The van der Waals surface area contributed by atoms with Gasteiger partial charge in [0.25, 0.3) is 5.91 Å². The van der Waals surface area contributed by atoms with Crippen LogP contribution in [-0.2, 0) is 12.8 Å². The number of nitrogens with one attached hydrogen (secondary N) is 1. The van der Waals surface area contributed by atoms with Crippen molar-refractivity contribution in [3.63, 3.8) is 0 Å². The monoisotopic (exact) mass is 256 g/mol. The van der Waals surface area contributed by atoms with Crippen LogP contribution in [-0.4, -0.2) is 34.1 Å². The summed E-state index contributed by atoms with van der Waals surface area (Å²) in [6, 6.07) is 8.36. The van der Waals surface area contributed by atoms with Crippen LogP contribution in [0.4, 0.5) is 5.69 Å². The molecule has 5 nitrogen and oxygen atoms in total. The van der Waals surface area contributed by atoms with Crippen molar-refractivity contribution in [3.05, 3.63) is 47.3 Å². The van der Waals surface area contributed by atoms with E-state index in [0.29, 0.717) is 24.5 Å². The van der Waals surface area contributed by atoms with E-state index >= 15 is 0 Å². The number of benzene rings is 1. The fourth-order valence-electron chi connectivity index (χ4n) is 2.50. The molecule has 0 unspecified atom stereocenters. The SMILES string of the molecule is Nc1cn[nH]c1C(=O)N1CCc2ccccc2CC1. The maximum Gasteiger partial charge on any atom is 0.274 e. The number of nitrogen functional groups attached to an aromatic ring is 1. The van der Waals surface area contributed by atoms with Crippen LogP contribution in [0.1, 0.15) is 21.6 Å². The van der Waals surface area contributed by atoms with E-state index in [0.717, 1.165) is 12.8 Å². The van der Waals surface area contributed by atoms with Crippen LogP contribution in [0.25, 0.3) is 0 Å². The number of aromatic amines is 1. The first kappa shape index (κ1) is 11.8. The lowest BCUT2D eigenvalue weighted by Gasteiger charge is -2.19. The van der Waals surface area contributed by atoms with Crippen molar-refractivity contribution in [3.8, 4) is 0 Å². The molecule has 0 radical (unpaired) electrons. The molecule has 19 heavy (non-hydrogen) atoms. The molecule has 1 amide bonds. The normalized spacial score (nSPS) is 14.8. The Hall–Kier alpha value is -2.30. The largest absolute Gasteiger partial charge is 0.396 e. The summed E-state index contributed by atoms with van der Waals surface area (Å²) in [5, 5.41) is 6.48. The van der Waals surface area contributed by atoms with E-state index in [2.05, 4.69) is 22.3 Å². The third-order valence-electron chi connectivity index (χ3n) is 3.59. The maximum atomic E-state index is 12.4. The minimum Gasteiger partial charge on any atom is -0.396 e. The van der Waals surface area contributed by atoms with Gasteiger partial charge in [-0.1, -0.05) is 24.3 Å². The lowest BCUT2D eigenvalue weighted by molar-refractivity contribution is 0.0758. The first-order valence-corrected chi connectivity index (χ1v) is 6.40. The minimum absolute atomic E-state index is 0.0668. The molecule has 1 aliphatic heterocycles. The third-order valence-corrected chi connectivity index (χ3v) is 3.59. The number of carbonyl (C=O) groups is 1. The molecule has 0 bridgehead atoms. The van der Waals surface area contributed by atoms with Gasteiger partial charge >= 0.3 is 0 Å². The van der Waals surface area contributed by atoms with E-state index in [4.69, 9.17) is 5.73 Å². The summed E-state index contributed by atoms with van der Waals surface area (Å²) in [7, 11) is 0. The summed E-state index contributed by atoms with van der Waals surface area (Å²) < 4.78 is 0. The van der Waals surface area contributed by atoms with Crippen LogP contribution < -0.4 is 5.73 Å². The molecule has 0 atom stereocenters. The molecule has 5 heteroatoms. The number of H-pyrrole nitrogens is 1. The van der Waals surface area contributed by atoms with Crippen molar-refractivity contribution >= 4 is 11.6 Å². The maximum absolute atomic E-state index is 12.4. The van der Waals surface area contributed by atoms with Crippen LogP contribution in [0.5, 0.6) is 0 Å². The van der Waals surface area contributed by atoms with Crippen molar-refractivity contribution in [2.24, 2.45) is 0 Å². The highest BCUT2D eigenvalue weighted by Gasteiger charge is 2.22. The lowest BCUT2D eigenvalue weighted by Crippen LogP contribution is -2.34. The van der Waals surface area contributed by atoms with Crippen molar-refractivity contribution < 1.29 is 4.79 Å². The molecule has 3 rings (SSSR count). The Labute approximate surface area is 111 Å². The van der Waals surface area contributed by atoms with Gasteiger partial charge in [0.1, 0.15) is 5.69 Å².